The average Bonchev–Trinajstić information content (AvgIpc) is 2.42. The van der Waals surface area contributed by atoms with Crippen LogP contribution in [0.5, 0.6) is 11.5 Å². The van der Waals surface area contributed by atoms with Crippen LogP contribution in [0.1, 0.15) is 5.56 Å². The van der Waals surface area contributed by atoms with Crippen LogP contribution in [0.25, 0.3) is 0 Å². The monoisotopic (exact) mass is 268 g/mol. The van der Waals surface area contributed by atoms with E-state index in [1.54, 1.807) is 30.3 Å². The molecule has 0 radical (unpaired) electrons. The van der Waals surface area contributed by atoms with Gasteiger partial charge in [0.25, 0.3) is 0 Å². The maximum Gasteiger partial charge on any atom is 0.519 e. The van der Waals surface area contributed by atoms with Gasteiger partial charge in [0.15, 0.2) is 5.75 Å². The molecular weight excluding hydrogens is 256 g/mol. The Kier molecular flexibility index (Phi) is 3.77. The van der Waals surface area contributed by atoms with Gasteiger partial charge in [0, 0.05) is 11.3 Å². The van der Waals surface area contributed by atoms with E-state index in [4.69, 9.17) is 27.4 Å². The van der Waals surface area contributed by atoms with Crippen molar-refractivity contribution in [3.05, 3.63) is 48.0 Å². The molecule has 0 atom stereocenters. The van der Waals surface area contributed by atoms with E-state index in [1.165, 1.54) is 12.1 Å². The first-order valence-corrected chi connectivity index (χ1v) is 5.70. The molecule has 0 saturated heterocycles. The van der Waals surface area contributed by atoms with Crippen molar-refractivity contribution in [3.63, 3.8) is 0 Å². The fourth-order valence-corrected chi connectivity index (χ4v) is 1.52. The van der Waals surface area contributed by atoms with Crippen LogP contribution >= 0.6 is 0 Å². The average molecular weight is 268 g/mol. The number of ether oxygens (including phenoxy) is 2. The molecule has 100 valence electrons. The van der Waals surface area contributed by atoms with Crippen molar-refractivity contribution in [2.24, 2.45) is 0 Å². The second-order valence-electron chi connectivity index (χ2n) is 3.92. The van der Waals surface area contributed by atoms with E-state index < -0.39 is 6.16 Å². The molecule has 0 aliphatic rings. The summed E-state index contributed by atoms with van der Waals surface area (Å²) in [6, 6.07) is 11.1. The fourth-order valence-electron chi connectivity index (χ4n) is 1.52. The highest BCUT2D eigenvalue weighted by Gasteiger charge is 2.10. The summed E-state index contributed by atoms with van der Waals surface area (Å²) < 4.78 is 9.99. The lowest BCUT2D eigenvalue weighted by molar-refractivity contribution is 0.152. The molecule has 0 amide bonds. The third-order valence-electron chi connectivity index (χ3n) is 2.43. The molecule has 0 aromatic heterocycles. The third-order valence-corrected chi connectivity index (χ3v) is 2.43. The van der Waals surface area contributed by atoms with Crippen molar-refractivity contribution in [1.29, 1.82) is 0 Å². The smallest absolute Gasteiger partial charge is 0.399 e. The molecule has 20 heavy (non-hydrogen) atoms. The molecule has 5 nitrogen and oxygen atoms in total. The van der Waals surface area contributed by atoms with E-state index >= 15 is 0 Å². The molecular formula is C15H12N2O3. The van der Waals surface area contributed by atoms with Gasteiger partial charge in [0.2, 0.25) is 0 Å². The minimum absolute atomic E-state index is 0.178. The maximum atomic E-state index is 11.6. The van der Waals surface area contributed by atoms with Crippen molar-refractivity contribution in [2.75, 3.05) is 11.5 Å². The number of anilines is 2. The summed E-state index contributed by atoms with van der Waals surface area (Å²) in [5, 5.41) is 0. The van der Waals surface area contributed by atoms with E-state index in [-0.39, 0.29) is 11.4 Å². The number of nitrogen functional groups attached to an aromatic ring is 2. The van der Waals surface area contributed by atoms with Crippen LogP contribution in [0.2, 0.25) is 0 Å². The molecule has 0 bridgehead atoms. The number of terminal acetylenes is 1. The Morgan fingerprint density at radius 2 is 1.90 bits per heavy atom. The van der Waals surface area contributed by atoms with Gasteiger partial charge >= 0.3 is 6.16 Å². The minimum atomic E-state index is -0.907. The molecule has 0 aliphatic heterocycles. The second kappa shape index (κ2) is 5.67. The molecule has 0 spiro atoms. The first-order chi connectivity index (χ1) is 9.58. The van der Waals surface area contributed by atoms with Gasteiger partial charge in [-0.25, -0.2) is 4.79 Å². The normalized spacial score (nSPS) is 9.55. The molecule has 2 rings (SSSR count). The number of carbonyl (C=O) groups is 1. The van der Waals surface area contributed by atoms with Crippen LogP contribution in [-0.2, 0) is 0 Å². The van der Waals surface area contributed by atoms with E-state index in [9.17, 15) is 4.79 Å². The molecule has 0 unspecified atom stereocenters. The Morgan fingerprint density at radius 3 is 2.60 bits per heavy atom. The number of hydrogen-bond donors (Lipinski definition) is 2. The second-order valence-corrected chi connectivity index (χ2v) is 3.92. The van der Waals surface area contributed by atoms with Crippen LogP contribution in [0.15, 0.2) is 42.5 Å². The maximum absolute atomic E-state index is 11.6. The zero-order valence-electron chi connectivity index (χ0n) is 10.5. The quantitative estimate of drug-likeness (QED) is 0.378. The summed E-state index contributed by atoms with van der Waals surface area (Å²) >= 11 is 0. The Labute approximate surface area is 116 Å². The summed E-state index contributed by atoms with van der Waals surface area (Å²) in [5.41, 5.74) is 12.5. The van der Waals surface area contributed by atoms with Gasteiger partial charge in [-0.3, -0.25) is 0 Å². The molecule has 2 aromatic carbocycles. The first-order valence-electron chi connectivity index (χ1n) is 5.70. The number of carbonyl (C=O) groups excluding carboxylic acids is 1. The van der Waals surface area contributed by atoms with Crippen LogP contribution in [0.3, 0.4) is 0 Å². The van der Waals surface area contributed by atoms with Gasteiger partial charge in [-0.15, -0.1) is 6.42 Å². The van der Waals surface area contributed by atoms with Crippen molar-refractivity contribution in [2.45, 2.75) is 0 Å². The number of hydrogen-bond acceptors (Lipinski definition) is 5. The van der Waals surface area contributed by atoms with Crippen LogP contribution in [-0.4, -0.2) is 6.16 Å². The van der Waals surface area contributed by atoms with Crippen LogP contribution < -0.4 is 20.9 Å². The third kappa shape index (κ3) is 3.21. The summed E-state index contributed by atoms with van der Waals surface area (Å²) in [6.45, 7) is 0. The van der Waals surface area contributed by atoms with E-state index in [0.29, 0.717) is 17.0 Å². The highest BCUT2D eigenvalue weighted by Crippen LogP contribution is 2.24. The lowest BCUT2D eigenvalue weighted by Gasteiger charge is -2.08. The van der Waals surface area contributed by atoms with Crippen molar-refractivity contribution in [1.82, 2.24) is 0 Å². The van der Waals surface area contributed by atoms with Crippen LogP contribution in [0.4, 0.5) is 16.2 Å². The molecule has 0 saturated carbocycles. The summed E-state index contributed by atoms with van der Waals surface area (Å²) in [5.74, 6) is 2.91. The molecule has 4 N–H and O–H groups in total. The molecule has 0 fully saturated rings. The summed E-state index contributed by atoms with van der Waals surface area (Å²) in [6.07, 6.45) is 4.35. The van der Waals surface area contributed by atoms with E-state index in [1.807, 2.05) is 0 Å². The lowest BCUT2D eigenvalue weighted by Crippen LogP contribution is -2.14. The number of rotatable bonds is 2. The van der Waals surface area contributed by atoms with Gasteiger partial charge in [-0.2, -0.15) is 0 Å². The fraction of sp³-hybridized carbons (Fsp3) is 0. The number of nitrogens with two attached hydrogens (primary N) is 2. The highest BCUT2D eigenvalue weighted by molar-refractivity contribution is 5.71. The van der Waals surface area contributed by atoms with Gasteiger partial charge in [-0.05, 0) is 36.4 Å². The predicted molar refractivity (Wildman–Crippen MR) is 76.3 cm³/mol. The first kappa shape index (κ1) is 13.3. The van der Waals surface area contributed by atoms with Crippen molar-refractivity contribution < 1.29 is 14.3 Å². The number of benzene rings is 2. The zero-order chi connectivity index (χ0) is 14.5. The Morgan fingerprint density at radius 1 is 1.10 bits per heavy atom. The Hall–Kier alpha value is -3.13. The standard InChI is InChI=1S/C15H12N2O3/c1-2-10-4-3-5-12(8-10)19-15(18)20-14-7-6-11(16)9-13(14)17/h1,3-9H,16-17H2. The molecule has 0 aliphatic carbocycles. The van der Waals surface area contributed by atoms with Gasteiger partial charge in [0.05, 0.1) is 5.69 Å². The zero-order valence-corrected chi connectivity index (χ0v) is 10.5. The van der Waals surface area contributed by atoms with Gasteiger partial charge < -0.3 is 20.9 Å². The molecule has 5 heteroatoms. The topological polar surface area (TPSA) is 87.6 Å². The van der Waals surface area contributed by atoms with Crippen molar-refractivity contribution >= 4 is 17.5 Å². The van der Waals surface area contributed by atoms with Gasteiger partial charge in [-0.1, -0.05) is 12.0 Å². The Balaban J connectivity index is 2.07. The van der Waals surface area contributed by atoms with Crippen LogP contribution in [0, 0.1) is 12.3 Å². The minimum Gasteiger partial charge on any atom is -0.399 e. The highest BCUT2D eigenvalue weighted by atomic mass is 16.7. The molecule has 2 aromatic rings. The summed E-state index contributed by atoms with van der Waals surface area (Å²) in [4.78, 5) is 11.6. The molecule has 0 heterocycles. The Bertz CT molecular complexity index is 690. The SMILES string of the molecule is C#Cc1cccc(OC(=O)Oc2ccc(N)cc2N)c1. The van der Waals surface area contributed by atoms with E-state index in [2.05, 4.69) is 5.92 Å². The lowest BCUT2D eigenvalue weighted by atomic mass is 10.2. The van der Waals surface area contributed by atoms with Crippen molar-refractivity contribution in [3.8, 4) is 23.8 Å². The largest absolute Gasteiger partial charge is 0.519 e. The predicted octanol–water partition coefficient (Wildman–Crippen LogP) is 2.41. The van der Waals surface area contributed by atoms with E-state index in [0.717, 1.165) is 0 Å². The summed E-state index contributed by atoms with van der Waals surface area (Å²) in [7, 11) is 0. The van der Waals surface area contributed by atoms with Gasteiger partial charge in [0.1, 0.15) is 5.75 Å².